The minimum Gasteiger partial charge on any atom is -0.465 e. The molecule has 0 fully saturated rings. The van der Waals surface area contributed by atoms with Crippen molar-refractivity contribution in [2.24, 2.45) is 7.05 Å². The maximum Gasteiger partial charge on any atom is 0.405 e. The highest BCUT2D eigenvalue weighted by Gasteiger charge is 2.31. The molecule has 1 atom stereocenters. The van der Waals surface area contributed by atoms with Crippen LogP contribution in [0.1, 0.15) is 50.1 Å². The van der Waals surface area contributed by atoms with Crippen LogP contribution < -0.4 is 5.32 Å². The van der Waals surface area contributed by atoms with Crippen molar-refractivity contribution in [1.29, 1.82) is 0 Å². The maximum atomic E-state index is 12.5. The van der Waals surface area contributed by atoms with E-state index in [1.165, 1.54) is 5.69 Å². The van der Waals surface area contributed by atoms with Crippen LogP contribution in [0.15, 0.2) is 0 Å². The van der Waals surface area contributed by atoms with E-state index in [4.69, 9.17) is 5.11 Å². The van der Waals surface area contributed by atoms with E-state index in [0.29, 0.717) is 25.4 Å². The van der Waals surface area contributed by atoms with Crippen LogP contribution in [0, 0.1) is 0 Å². The molecule has 1 aliphatic heterocycles. The molecule has 1 aromatic rings. The molecule has 122 valence electrons. The number of hydrogen-bond acceptors (Lipinski definition) is 3. The summed E-state index contributed by atoms with van der Waals surface area (Å²) in [6.07, 6.45) is 0.0291. The normalized spacial score (nSPS) is 15.6. The third-order valence-electron chi connectivity index (χ3n) is 4.14. The summed E-state index contributed by atoms with van der Waals surface area (Å²) >= 11 is 0. The zero-order chi connectivity index (χ0) is 16.4. The molecule has 0 aromatic carbocycles. The second-order valence-electron chi connectivity index (χ2n) is 6.01. The van der Waals surface area contributed by atoms with Crippen molar-refractivity contribution in [2.45, 2.75) is 52.1 Å². The number of carboxylic acid groups (broad SMARTS) is 1. The molecule has 0 saturated carbocycles. The number of nitrogens with zero attached hydrogens (tertiary/aromatic N) is 3. The molecule has 0 saturated heterocycles. The van der Waals surface area contributed by atoms with Crippen molar-refractivity contribution < 1.29 is 14.7 Å². The quantitative estimate of drug-likeness (QED) is 0.882. The van der Waals surface area contributed by atoms with Crippen LogP contribution in [0.3, 0.4) is 0 Å². The van der Waals surface area contributed by atoms with Crippen LogP contribution in [0.5, 0.6) is 0 Å². The summed E-state index contributed by atoms with van der Waals surface area (Å²) < 4.78 is 1.90. The van der Waals surface area contributed by atoms with Crippen molar-refractivity contribution >= 4 is 12.0 Å². The van der Waals surface area contributed by atoms with Gasteiger partial charge < -0.3 is 15.3 Å². The van der Waals surface area contributed by atoms with Gasteiger partial charge in [0, 0.05) is 37.8 Å². The number of carbonyl (C=O) groups is 2. The van der Waals surface area contributed by atoms with E-state index < -0.39 is 12.1 Å². The lowest BCUT2D eigenvalue weighted by atomic mass is 9.98. The topological polar surface area (TPSA) is 87.5 Å². The Labute approximate surface area is 130 Å². The Balaban J connectivity index is 2.20. The molecule has 7 heteroatoms. The zero-order valence-electron chi connectivity index (χ0n) is 13.6. The zero-order valence-corrected chi connectivity index (χ0v) is 13.6. The van der Waals surface area contributed by atoms with Gasteiger partial charge in [-0.1, -0.05) is 20.8 Å². The first kappa shape index (κ1) is 16.3. The molecule has 2 rings (SSSR count). The van der Waals surface area contributed by atoms with Gasteiger partial charge in [-0.3, -0.25) is 9.48 Å². The van der Waals surface area contributed by atoms with Gasteiger partial charge in [0.1, 0.15) is 6.04 Å². The van der Waals surface area contributed by atoms with E-state index in [1.807, 2.05) is 11.7 Å². The summed E-state index contributed by atoms with van der Waals surface area (Å²) in [5.74, 6) is 0.137. The second kappa shape index (κ2) is 6.37. The Hall–Kier alpha value is -2.05. The van der Waals surface area contributed by atoms with Gasteiger partial charge in [0.25, 0.3) is 0 Å². The average molecular weight is 308 g/mol. The number of fused-ring (bicyclic) bond motifs is 1. The lowest BCUT2D eigenvalue weighted by molar-refractivity contribution is -0.134. The Morgan fingerprint density at radius 3 is 2.64 bits per heavy atom. The molecule has 0 spiro atoms. The molecule has 2 N–H and O–H groups in total. The predicted octanol–water partition coefficient (Wildman–Crippen LogP) is 1.47. The first-order valence-electron chi connectivity index (χ1n) is 7.68. The summed E-state index contributed by atoms with van der Waals surface area (Å²) in [6.45, 7) is 7.08. The van der Waals surface area contributed by atoms with Gasteiger partial charge in [0.2, 0.25) is 5.91 Å². The largest absolute Gasteiger partial charge is 0.465 e. The summed E-state index contributed by atoms with van der Waals surface area (Å²) in [7, 11) is 1.93. The fourth-order valence-corrected chi connectivity index (χ4v) is 2.98. The van der Waals surface area contributed by atoms with Gasteiger partial charge in [-0.25, -0.2) is 4.79 Å². The molecular formula is C15H24N4O3. The SMILES string of the molecule is CCC(NC(=O)O)C(=O)N1CCc2c(c(C(C)C)nn2C)C1. The summed E-state index contributed by atoms with van der Waals surface area (Å²) in [5.41, 5.74) is 3.31. The fraction of sp³-hybridized carbons (Fsp3) is 0.667. The van der Waals surface area contributed by atoms with Crippen molar-refractivity contribution in [1.82, 2.24) is 20.0 Å². The van der Waals surface area contributed by atoms with Crippen LogP contribution in [0.4, 0.5) is 4.79 Å². The Morgan fingerprint density at radius 2 is 2.09 bits per heavy atom. The number of amides is 2. The Kier molecular flexibility index (Phi) is 4.73. The molecular weight excluding hydrogens is 284 g/mol. The standard InChI is InChI=1S/C15H24N4O3/c1-5-11(16-15(21)22)14(20)19-7-6-12-10(8-19)13(9(2)3)17-18(12)4/h9,11,16H,5-8H2,1-4H3,(H,21,22). The molecule has 7 nitrogen and oxygen atoms in total. The number of nitrogens with one attached hydrogen (secondary N) is 1. The van der Waals surface area contributed by atoms with Crippen molar-refractivity contribution in [2.75, 3.05) is 6.54 Å². The number of aryl methyl sites for hydroxylation is 1. The van der Waals surface area contributed by atoms with Crippen LogP contribution in [0.2, 0.25) is 0 Å². The van der Waals surface area contributed by atoms with Crippen LogP contribution in [-0.4, -0.2) is 44.4 Å². The van der Waals surface area contributed by atoms with Gasteiger partial charge in [0.15, 0.2) is 0 Å². The highest BCUT2D eigenvalue weighted by Crippen LogP contribution is 2.27. The van der Waals surface area contributed by atoms with Gasteiger partial charge >= 0.3 is 6.09 Å². The van der Waals surface area contributed by atoms with Gasteiger partial charge in [-0.2, -0.15) is 5.10 Å². The maximum absolute atomic E-state index is 12.5. The minimum absolute atomic E-state index is 0.158. The second-order valence-corrected chi connectivity index (χ2v) is 6.01. The smallest absolute Gasteiger partial charge is 0.405 e. The van der Waals surface area contributed by atoms with Crippen molar-refractivity contribution in [3.05, 3.63) is 17.0 Å². The Bertz CT molecular complexity index is 580. The van der Waals surface area contributed by atoms with Crippen LogP contribution in [0.25, 0.3) is 0 Å². The molecule has 22 heavy (non-hydrogen) atoms. The molecule has 1 aromatic heterocycles. The third-order valence-corrected chi connectivity index (χ3v) is 4.14. The van der Waals surface area contributed by atoms with Gasteiger partial charge in [0.05, 0.1) is 5.69 Å². The number of carbonyl (C=O) groups excluding carboxylic acids is 1. The monoisotopic (exact) mass is 308 g/mol. The minimum atomic E-state index is -1.16. The summed E-state index contributed by atoms with van der Waals surface area (Å²) in [6, 6.07) is -0.682. The molecule has 1 aliphatic rings. The molecule has 1 unspecified atom stereocenters. The highest BCUT2D eigenvalue weighted by atomic mass is 16.4. The first-order chi connectivity index (χ1) is 10.3. The van der Waals surface area contributed by atoms with E-state index in [-0.39, 0.29) is 5.91 Å². The van der Waals surface area contributed by atoms with Crippen LogP contribution in [-0.2, 0) is 24.8 Å². The van der Waals surface area contributed by atoms with E-state index in [2.05, 4.69) is 24.3 Å². The highest BCUT2D eigenvalue weighted by molar-refractivity contribution is 5.85. The van der Waals surface area contributed by atoms with Crippen LogP contribution >= 0.6 is 0 Å². The first-order valence-corrected chi connectivity index (χ1v) is 7.68. The van der Waals surface area contributed by atoms with Gasteiger partial charge in [-0.15, -0.1) is 0 Å². The molecule has 0 bridgehead atoms. The number of hydrogen-bond donors (Lipinski definition) is 2. The van der Waals surface area contributed by atoms with Gasteiger partial charge in [-0.05, 0) is 12.3 Å². The van der Waals surface area contributed by atoms with E-state index in [1.54, 1.807) is 11.8 Å². The molecule has 2 amide bonds. The molecule has 0 aliphatic carbocycles. The lowest BCUT2D eigenvalue weighted by Gasteiger charge is -2.31. The molecule has 2 heterocycles. The van der Waals surface area contributed by atoms with E-state index >= 15 is 0 Å². The third kappa shape index (κ3) is 3.08. The average Bonchev–Trinajstić information content (AvgIpc) is 2.80. The lowest BCUT2D eigenvalue weighted by Crippen LogP contribution is -2.49. The Morgan fingerprint density at radius 1 is 1.41 bits per heavy atom. The van der Waals surface area contributed by atoms with E-state index in [0.717, 1.165) is 17.7 Å². The van der Waals surface area contributed by atoms with Crippen molar-refractivity contribution in [3.63, 3.8) is 0 Å². The predicted molar refractivity (Wildman–Crippen MR) is 81.7 cm³/mol. The van der Waals surface area contributed by atoms with Crippen molar-refractivity contribution in [3.8, 4) is 0 Å². The molecule has 0 radical (unpaired) electrons. The fourth-order valence-electron chi connectivity index (χ4n) is 2.98. The summed E-state index contributed by atoms with van der Waals surface area (Å²) in [4.78, 5) is 25.1. The number of rotatable bonds is 4. The van der Waals surface area contributed by atoms with E-state index in [9.17, 15) is 9.59 Å². The summed E-state index contributed by atoms with van der Waals surface area (Å²) in [5, 5.41) is 15.7. The number of aromatic nitrogens is 2.